The summed E-state index contributed by atoms with van der Waals surface area (Å²) in [5.74, 6) is -0.199. The summed E-state index contributed by atoms with van der Waals surface area (Å²) in [6.45, 7) is 9.19. The number of carbonyl (C=O) groups is 2. The highest BCUT2D eigenvalue weighted by atomic mass is 16.3. The number of urea groups is 1. The topological polar surface area (TPSA) is 90.5 Å². The van der Waals surface area contributed by atoms with Gasteiger partial charge in [-0.05, 0) is 38.0 Å². The molecule has 0 bridgehead atoms. The zero-order valence-corrected chi connectivity index (χ0v) is 15.2. The second-order valence-corrected chi connectivity index (χ2v) is 6.72. The predicted molar refractivity (Wildman–Crippen MR) is 97.2 cm³/mol. The summed E-state index contributed by atoms with van der Waals surface area (Å²) >= 11 is 0. The maximum Gasteiger partial charge on any atom is 0.319 e. The van der Waals surface area contributed by atoms with E-state index in [1.54, 1.807) is 12.1 Å². The Morgan fingerprint density at radius 2 is 1.92 bits per heavy atom. The maximum atomic E-state index is 12.2. The quantitative estimate of drug-likeness (QED) is 0.616. The van der Waals surface area contributed by atoms with E-state index in [1.165, 1.54) is 0 Å². The van der Waals surface area contributed by atoms with Crippen LogP contribution in [-0.4, -0.2) is 29.2 Å². The van der Waals surface area contributed by atoms with Crippen molar-refractivity contribution < 1.29 is 14.7 Å². The molecule has 0 aliphatic rings. The number of aliphatic hydroxyl groups is 1. The molecule has 1 rings (SSSR count). The first-order valence-corrected chi connectivity index (χ1v) is 8.32. The molecule has 6 nitrogen and oxygen atoms in total. The van der Waals surface area contributed by atoms with E-state index >= 15 is 0 Å². The van der Waals surface area contributed by atoms with E-state index in [2.05, 4.69) is 16.0 Å². The third-order valence-corrected chi connectivity index (χ3v) is 3.84. The van der Waals surface area contributed by atoms with Gasteiger partial charge in [-0.2, -0.15) is 0 Å². The van der Waals surface area contributed by atoms with Crippen LogP contribution in [0.4, 0.5) is 16.2 Å². The van der Waals surface area contributed by atoms with Crippen LogP contribution >= 0.6 is 0 Å². The van der Waals surface area contributed by atoms with Crippen LogP contribution in [0.2, 0.25) is 0 Å². The van der Waals surface area contributed by atoms with E-state index in [0.717, 1.165) is 12.0 Å². The highest BCUT2D eigenvalue weighted by molar-refractivity contribution is 5.95. The minimum atomic E-state index is -0.657. The van der Waals surface area contributed by atoms with Crippen LogP contribution in [0.5, 0.6) is 0 Å². The largest absolute Gasteiger partial charge is 0.394 e. The van der Waals surface area contributed by atoms with Crippen LogP contribution < -0.4 is 16.0 Å². The predicted octanol–water partition coefficient (Wildman–Crippen LogP) is 3.26. The van der Waals surface area contributed by atoms with Gasteiger partial charge in [0.1, 0.15) is 0 Å². The molecule has 0 heterocycles. The summed E-state index contributed by atoms with van der Waals surface area (Å²) in [6, 6.07) is 4.98. The number of aryl methyl sites for hydroxylation is 1. The number of nitrogens with one attached hydrogen (secondary N) is 3. The molecule has 0 saturated heterocycles. The lowest BCUT2D eigenvalue weighted by atomic mass is 9.98. The molecule has 0 saturated carbocycles. The zero-order valence-electron chi connectivity index (χ0n) is 15.2. The fraction of sp³-hybridized carbons (Fsp3) is 0.556. The molecule has 0 spiro atoms. The molecule has 1 aromatic rings. The van der Waals surface area contributed by atoms with Gasteiger partial charge >= 0.3 is 6.03 Å². The Labute approximate surface area is 144 Å². The first kappa shape index (κ1) is 20.0. The lowest BCUT2D eigenvalue weighted by molar-refractivity contribution is -0.118. The third kappa shape index (κ3) is 5.85. The van der Waals surface area contributed by atoms with Crippen LogP contribution in [-0.2, 0) is 4.79 Å². The van der Waals surface area contributed by atoms with Crippen molar-refractivity contribution in [3.8, 4) is 0 Å². The van der Waals surface area contributed by atoms with Crippen LogP contribution in [0.25, 0.3) is 0 Å². The lowest BCUT2D eigenvalue weighted by Crippen LogP contribution is -2.50. The minimum absolute atomic E-state index is 0.0787. The first-order chi connectivity index (χ1) is 11.2. The van der Waals surface area contributed by atoms with Crippen molar-refractivity contribution in [2.24, 2.45) is 5.92 Å². The second kappa shape index (κ2) is 8.68. The van der Waals surface area contributed by atoms with Crippen molar-refractivity contribution in [2.45, 2.75) is 53.0 Å². The molecule has 0 aliphatic carbocycles. The van der Waals surface area contributed by atoms with Crippen LogP contribution in [0.1, 0.15) is 46.1 Å². The molecule has 0 aliphatic heterocycles. The molecule has 1 aromatic carbocycles. The molecule has 3 amide bonds. The van der Waals surface area contributed by atoms with Gasteiger partial charge in [0.2, 0.25) is 5.91 Å². The van der Waals surface area contributed by atoms with Gasteiger partial charge in [-0.25, -0.2) is 4.79 Å². The molecule has 0 aromatic heterocycles. The van der Waals surface area contributed by atoms with Crippen molar-refractivity contribution in [1.29, 1.82) is 0 Å². The van der Waals surface area contributed by atoms with E-state index < -0.39 is 5.54 Å². The number of aliphatic hydroxyl groups excluding tert-OH is 1. The molecule has 134 valence electrons. The Balaban J connectivity index is 2.83. The SMILES string of the molecule is CCCC(C)(CO)NC(=O)Nc1cc(NC(=O)C(C)C)ccc1C. The van der Waals surface area contributed by atoms with Crippen LogP contribution in [0, 0.1) is 12.8 Å². The van der Waals surface area contributed by atoms with Gasteiger partial charge in [-0.1, -0.05) is 33.3 Å². The highest BCUT2D eigenvalue weighted by Crippen LogP contribution is 2.21. The maximum absolute atomic E-state index is 12.2. The minimum Gasteiger partial charge on any atom is -0.394 e. The molecular weight excluding hydrogens is 306 g/mol. The summed E-state index contributed by atoms with van der Waals surface area (Å²) in [6.07, 6.45) is 1.54. The van der Waals surface area contributed by atoms with Gasteiger partial charge in [-0.15, -0.1) is 0 Å². The standard InChI is InChI=1S/C18H29N3O3/c1-6-9-18(5,11-22)21-17(24)20-15-10-14(8-7-13(15)4)19-16(23)12(2)3/h7-8,10,12,22H,6,9,11H2,1-5H3,(H,19,23)(H2,20,21,24). The van der Waals surface area contributed by atoms with Gasteiger partial charge in [0.15, 0.2) is 0 Å². The molecule has 6 heteroatoms. The Kier molecular flexibility index (Phi) is 7.22. The van der Waals surface area contributed by atoms with Gasteiger partial charge in [0.05, 0.1) is 12.1 Å². The monoisotopic (exact) mass is 335 g/mol. The normalized spacial score (nSPS) is 13.3. The third-order valence-electron chi connectivity index (χ3n) is 3.84. The average molecular weight is 335 g/mol. The number of hydrogen-bond donors (Lipinski definition) is 4. The van der Waals surface area contributed by atoms with Crippen molar-refractivity contribution in [1.82, 2.24) is 5.32 Å². The van der Waals surface area contributed by atoms with E-state index in [9.17, 15) is 14.7 Å². The van der Waals surface area contributed by atoms with E-state index in [4.69, 9.17) is 0 Å². The van der Waals surface area contributed by atoms with Gasteiger partial charge < -0.3 is 21.1 Å². The number of rotatable bonds is 7. The molecule has 1 atom stereocenters. The number of carbonyl (C=O) groups excluding carboxylic acids is 2. The summed E-state index contributed by atoms with van der Waals surface area (Å²) in [4.78, 5) is 24.0. The Hall–Kier alpha value is -2.08. The summed E-state index contributed by atoms with van der Waals surface area (Å²) < 4.78 is 0. The van der Waals surface area contributed by atoms with E-state index in [1.807, 2.05) is 40.7 Å². The smallest absolute Gasteiger partial charge is 0.319 e. The van der Waals surface area contributed by atoms with Gasteiger partial charge in [-0.3, -0.25) is 4.79 Å². The highest BCUT2D eigenvalue weighted by Gasteiger charge is 2.24. The van der Waals surface area contributed by atoms with E-state index in [-0.39, 0.29) is 24.5 Å². The second-order valence-electron chi connectivity index (χ2n) is 6.72. The Morgan fingerprint density at radius 1 is 1.25 bits per heavy atom. The van der Waals surface area contributed by atoms with Crippen molar-refractivity contribution in [2.75, 3.05) is 17.2 Å². The summed E-state index contributed by atoms with van der Waals surface area (Å²) in [5.41, 5.74) is 1.48. The molecule has 4 N–H and O–H groups in total. The lowest BCUT2D eigenvalue weighted by Gasteiger charge is -2.28. The molecular formula is C18H29N3O3. The van der Waals surface area contributed by atoms with Crippen molar-refractivity contribution >= 4 is 23.3 Å². The Bertz CT molecular complexity index is 587. The molecule has 24 heavy (non-hydrogen) atoms. The fourth-order valence-electron chi connectivity index (χ4n) is 2.28. The Morgan fingerprint density at radius 3 is 2.46 bits per heavy atom. The first-order valence-electron chi connectivity index (χ1n) is 8.32. The van der Waals surface area contributed by atoms with Crippen LogP contribution in [0.3, 0.4) is 0 Å². The number of amides is 3. The fourth-order valence-corrected chi connectivity index (χ4v) is 2.28. The van der Waals surface area contributed by atoms with Gasteiger partial charge in [0.25, 0.3) is 0 Å². The number of benzene rings is 1. The van der Waals surface area contributed by atoms with Gasteiger partial charge in [0, 0.05) is 17.3 Å². The molecule has 0 radical (unpaired) electrons. The summed E-state index contributed by atoms with van der Waals surface area (Å²) in [7, 11) is 0. The molecule has 1 unspecified atom stereocenters. The van der Waals surface area contributed by atoms with E-state index in [0.29, 0.717) is 17.8 Å². The van der Waals surface area contributed by atoms with Crippen molar-refractivity contribution in [3.63, 3.8) is 0 Å². The average Bonchev–Trinajstić information content (AvgIpc) is 2.50. The molecule has 0 fully saturated rings. The van der Waals surface area contributed by atoms with Crippen molar-refractivity contribution in [3.05, 3.63) is 23.8 Å². The number of hydrogen-bond acceptors (Lipinski definition) is 3. The number of anilines is 2. The summed E-state index contributed by atoms with van der Waals surface area (Å²) in [5, 5.41) is 17.9. The zero-order chi connectivity index (χ0) is 18.3. The van der Waals surface area contributed by atoms with Crippen LogP contribution in [0.15, 0.2) is 18.2 Å².